The van der Waals surface area contributed by atoms with Crippen LogP contribution in [0, 0.1) is 5.82 Å². The highest BCUT2D eigenvalue weighted by Gasteiger charge is 2.14. The molecule has 106 valence electrons. The van der Waals surface area contributed by atoms with Crippen molar-refractivity contribution in [2.75, 3.05) is 6.54 Å². The number of benzene rings is 2. The van der Waals surface area contributed by atoms with Crippen LogP contribution in [0.4, 0.5) is 4.39 Å². The SMILES string of the molecule is CCNC(Cc1ccccc1Cl)c1ccc(F)c(Cl)c1. The third kappa shape index (κ3) is 3.72. The van der Waals surface area contributed by atoms with Gasteiger partial charge in [0.1, 0.15) is 5.82 Å². The van der Waals surface area contributed by atoms with Gasteiger partial charge in [-0.05, 0) is 42.3 Å². The normalized spacial score (nSPS) is 12.4. The fourth-order valence-electron chi connectivity index (χ4n) is 2.17. The lowest BCUT2D eigenvalue weighted by Gasteiger charge is -2.19. The lowest BCUT2D eigenvalue weighted by Crippen LogP contribution is -2.23. The molecule has 0 amide bonds. The quantitative estimate of drug-likeness (QED) is 0.817. The first-order valence-electron chi connectivity index (χ1n) is 6.53. The minimum absolute atomic E-state index is 0.0537. The molecule has 0 saturated heterocycles. The minimum atomic E-state index is -0.400. The Morgan fingerprint density at radius 1 is 1.10 bits per heavy atom. The van der Waals surface area contributed by atoms with Gasteiger partial charge in [0.25, 0.3) is 0 Å². The second-order valence-corrected chi connectivity index (χ2v) is 5.39. The Kier molecular flexibility index (Phi) is 5.41. The van der Waals surface area contributed by atoms with E-state index in [0.29, 0.717) is 0 Å². The van der Waals surface area contributed by atoms with Crippen molar-refractivity contribution in [1.82, 2.24) is 5.32 Å². The van der Waals surface area contributed by atoms with Gasteiger partial charge in [0.15, 0.2) is 0 Å². The predicted molar refractivity (Wildman–Crippen MR) is 83.0 cm³/mol. The Morgan fingerprint density at radius 3 is 2.50 bits per heavy atom. The van der Waals surface area contributed by atoms with E-state index >= 15 is 0 Å². The van der Waals surface area contributed by atoms with Crippen molar-refractivity contribution in [2.45, 2.75) is 19.4 Å². The van der Waals surface area contributed by atoms with Gasteiger partial charge in [-0.25, -0.2) is 4.39 Å². The Hall–Kier alpha value is -1.09. The molecule has 0 aliphatic carbocycles. The van der Waals surface area contributed by atoms with Crippen molar-refractivity contribution in [3.63, 3.8) is 0 Å². The van der Waals surface area contributed by atoms with E-state index in [1.807, 2.05) is 31.2 Å². The lowest BCUT2D eigenvalue weighted by molar-refractivity contribution is 0.547. The molecule has 0 radical (unpaired) electrons. The third-order valence-corrected chi connectivity index (χ3v) is 3.84. The number of hydrogen-bond donors (Lipinski definition) is 1. The highest BCUT2D eigenvalue weighted by atomic mass is 35.5. The summed E-state index contributed by atoms with van der Waals surface area (Å²) in [5, 5.41) is 4.26. The maximum Gasteiger partial charge on any atom is 0.141 e. The van der Waals surface area contributed by atoms with Crippen LogP contribution in [0.5, 0.6) is 0 Å². The van der Waals surface area contributed by atoms with E-state index in [0.717, 1.165) is 29.1 Å². The summed E-state index contributed by atoms with van der Waals surface area (Å²) in [7, 11) is 0. The van der Waals surface area contributed by atoms with Crippen molar-refractivity contribution in [1.29, 1.82) is 0 Å². The molecule has 2 rings (SSSR count). The van der Waals surface area contributed by atoms with Gasteiger partial charge in [0.05, 0.1) is 5.02 Å². The van der Waals surface area contributed by atoms with Crippen LogP contribution < -0.4 is 5.32 Å². The van der Waals surface area contributed by atoms with E-state index < -0.39 is 5.82 Å². The van der Waals surface area contributed by atoms with Gasteiger partial charge in [-0.3, -0.25) is 0 Å². The van der Waals surface area contributed by atoms with E-state index in [9.17, 15) is 4.39 Å². The van der Waals surface area contributed by atoms with E-state index in [-0.39, 0.29) is 11.1 Å². The van der Waals surface area contributed by atoms with Gasteiger partial charge >= 0.3 is 0 Å². The molecule has 0 heterocycles. The largest absolute Gasteiger partial charge is 0.310 e. The maximum atomic E-state index is 13.3. The second-order valence-electron chi connectivity index (χ2n) is 4.58. The van der Waals surface area contributed by atoms with Crippen molar-refractivity contribution in [2.24, 2.45) is 0 Å². The van der Waals surface area contributed by atoms with Gasteiger partial charge in [0.2, 0.25) is 0 Å². The highest BCUT2D eigenvalue weighted by Crippen LogP contribution is 2.26. The third-order valence-electron chi connectivity index (χ3n) is 3.18. The van der Waals surface area contributed by atoms with Crippen molar-refractivity contribution >= 4 is 23.2 Å². The topological polar surface area (TPSA) is 12.0 Å². The Balaban J connectivity index is 2.27. The predicted octanol–water partition coefficient (Wildman–Crippen LogP) is 5.03. The van der Waals surface area contributed by atoms with Crippen LogP contribution in [0.1, 0.15) is 24.1 Å². The van der Waals surface area contributed by atoms with Gasteiger partial charge in [-0.2, -0.15) is 0 Å². The second kappa shape index (κ2) is 7.07. The van der Waals surface area contributed by atoms with Crippen LogP contribution in [-0.2, 0) is 6.42 Å². The summed E-state index contributed by atoms with van der Waals surface area (Å²) in [4.78, 5) is 0. The van der Waals surface area contributed by atoms with Crippen molar-refractivity contribution in [3.05, 3.63) is 69.5 Å². The van der Waals surface area contributed by atoms with E-state index in [4.69, 9.17) is 23.2 Å². The monoisotopic (exact) mass is 311 g/mol. The molecule has 1 atom stereocenters. The molecule has 1 nitrogen and oxygen atoms in total. The molecule has 0 aliphatic heterocycles. The molecule has 0 saturated carbocycles. The Morgan fingerprint density at radius 2 is 1.85 bits per heavy atom. The fraction of sp³-hybridized carbons (Fsp3) is 0.250. The molecule has 4 heteroatoms. The van der Waals surface area contributed by atoms with E-state index in [1.54, 1.807) is 12.1 Å². The fourth-order valence-corrected chi connectivity index (χ4v) is 2.57. The Labute approximate surface area is 128 Å². The van der Waals surface area contributed by atoms with Gasteiger partial charge in [-0.15, -0.1) is 0 Å². The molecule has 1 unspecified atom stereocenters. The molecule has 0 aromatic heterocycles. The standard InChI is InChI=1S/C16H16Cl2FN/c1-2-20-16(10-11-5-3-4-6-13(11)17)12-7-8-15(19)14(18)9-12/h3-9,16,20H,2,10H2,1H3. The molecule has 0 spiro atoms. The summed E-state index contributed by atoms with van der Waals surface area (Å²) in [5.74, 6) is -0.400. The molecule has 2 aromatic carbocycles. The van der Waals surface area contributed by atoms with Crippen LogP contribution in [-0.4, -0.2) is 6.54 Å². The zero-order valence-electron chi connectivity index (χ0n) is 11.2. The maximum absolute atomic E-state index is 13.3. The average molecular weight is 312 g/mol. The first-order valence-corrected chi connectivity index (χ1v) is 7.29. The van der Waals surface area contributed by atoms with Crippen molar-refractivity contribution < 1.29 is 4.39 Å². The molecule has 0 bridgehead atoms. The summed E-state index contributed by atoms with van der Waals surface area (Å²) in [6.07, 6.45) is 0.732. The molecule has 1 N–H and O–H groups in total. The minimum Gasteiger partial charge on any atom is -0.310 e. The Bertz CT molecular complexity index is 586. The highest BCUT2D eigenvalue weighted by molar-refractivity contribution is 6.31. The number of rotatable bonds is 5. The number of hydrogen-bond acceptors (Lipinski definition) is 1. The molecule has 0 aliphatic rings. The van der Waals surface area contributed by atoms with E-state index in [2.05, 4.69) is 5.32 Å². The van der Waals surface area contributed by atoms with Gasteiger partial charge in [-0.1, -0.05) is 54.4 Å². The van der Waals surface area contributed by atoms with Gasteiger partial charge < -0.3 is 5.32 Å². The van der Waals surface area contributed by atoms with Crippen molar-refractivity contribution in [3.8, 4) is 0 Å². The first kappa shape index (κ1) is 15.3. The molecular formula is C16H16Cl2FN. The first-order chi connectivity index (χ1) is 9.61. The van der Waals surface area contributed by atoms with Crippen LogP contribution in [0.15, 0.2) is 42.5 Å². The molecular weight excluding hydrogens is 296 g/mol. The summed E-state index contributed by atoms with van der Waals surface area (Å²) >= 11 is 12.1. The van der Waals surface area contributed by atoms with Crippen LogP contribution in [0.25, 0.3) is 0 Å². The summed E-state index contributed by atoms with van der Waals surface area (Å²) in [6.45, 7) is 2.84. The number of nitrogens with one attached hydrogen (secondary N) is 1. The van der Waals surface area contributed by atoms with Crippen LogP contribution in [0.2, 0.25) is 10.0 Å². The summed E-state index contributed by atoms with van der Waals surface area (Å²) in [5.41, 5.74) is 2.01. The van der Waals surface area contributed by atoms with Gasteiger partial charge in [0, 0.05) is 11.1 Å². The molecule has 0 fully saturated rings. The lowest BCUT2D eigenvalue weighted by atomic mass is 9.98. The molecule has 20 heavy (non-hydrogen) atoms. The summed E-state index contributed by atoms with van der Waals surface area (Å²) < 4.78 is 13.3. The average Bonchev–Trinajstić information content (AvgIpc) is 2.44. The number of halogens is 3. The van der Waals surface area contributed by atoms with Crippen LogP contribution in [0.3, 0.4) is 0 Å². The van der Waals surface area contributed by atoms with E-state index in [1.165, 1.54) is 6.07 Å². The van der Waals surface area contributed by atoms with Crippen LogP contribution >= 0.6 is 23.2 Å². The summed E-state index contributed by atoms with van der Waals surface area (Å²) in [6, 6.07) is 12.6. The molecule has 2 aromatic rings. The zero-order valence-corrected chi connectivity index (χ0v) is 12.7. The zero-order chi connectivity index (χ0) is 14.5. The smallest absolute Gasteiger partial charge is 0.141 e. The number of likely N-dealkylation sites (N-methyl/N-ethyl adjacent to an activating group) is 1.